The monoisotopic (exact) mass is 468 g/mol. The Labute approximate surface area is 197 Å². The fourth-order valence-electron chi connectivity index (χ4n) is 7.66. The molecular weight excluding hydrogens is 436 g/mol. The summed E-state index contributed by atoms with van der Waals surface area (Å²) in [6, 6.07) is 6.49. The summed E-state index contributed by atoms with van der Waals surface area (Å²) in [6.07, 6.45) is 6.50. The van der Waals surface area contributed by atoms with E-state index in [0.717, 1.165) is 19.3 Å². The minimum absolute atomic E-state index is 0.0570. The van der Waals surface area contributed by atoms with Crippen molar-refractivity contribution in [1.29, 1.82) is 0 Å². The first-order chi connectivity index (χ1) is 16.4. The summed E-state index contributed by atoms with van der Waals surface area (Å²) in [5, 5.41) is 10.3. The number of para-hydroxylation sites is 2. The number of amides is 1. The number of carbonyl (C=O) groups is 2. The second kappa shape index (κ2) is 8.26. The fourth-order valence-corrected chi connectivity index (χ4v) is 7.66. The molecule has 8 nitrogen and oxygen atoms in total. The number of carbonyl (C=O) groups excluding carboxylic acids is 2. The van der Waals surface area contributed by atoms with Crippen LogP contribution in [0.3, 0.4) is 0 Å². The average molecular weight is 469 g/mol. The Balaban J connectivity index is 1.09. The van der Waals surface area contributed by atoms with Crippen LogP contribution in [0.1, 0.15) is 51.4 Å². The number of aromatic nitrogens is 1. The van der Waals surface area contributed by atoms with Gasteiger partial charge in [0, 0.05) is 19.5 Å². The molecule has 1 aliphatic heterocycles. The number of nitrogens with zero attached hydrogens (tertiary/aromatic N) is 2. The highest BCUT2D eigenvalue weighted by molar-refractivity contribution is 5.89. The molecule has 1 unspecified atom stereocenters. The van der Waals surface area contributed by atoms with Crippen molar-refractivity contribution < 1.29 is 23.8 Å². The van der Waals surface area contributed by atoms with Crippen LogP contribution in [0.2, 0.25) is 0 Å². The predicted octanol–water partition coefficient (Wildman–Crippen LogP) is 2.71. The molecule has 5 fully saturated rings. The van der Waals surface area contributed by atoms with Gasteiger partial charge >= 0.3 is 11.7 Å². The molecule has 0 spiro atoms. The lowest BCUT2D eigenvalue weighted by Crippen LogP contribution is -2.56. The Morgan fingerprint density at radius 2 is 1.74 bits per heavy atom. The molecule has 2 atom stereocenters. The maximum Gasteiger partial charge on any atom is 0.419 e. The van der Waals surface area contributed by atoms with Gasteiger partial charge in [0.25, 0.3) is 0 Å². The number of aliphatic hydroxyl groups is 1. The molecule has 0 radical (unpaired) electrons. The van der Waals surface area contributed by atoms with Gasteiger partial charge in [0.2, 0.25) is 5.91 Å². The number of aliphatic hydroxyl groups excluding tert-OH is 1. The van der Waals surface area contributed by atoms with Gasteiger partial charge in [-0.15, -0.1) is 0 Å². The Morgan fingerprint density at radius 1 is 1.06 bits per heavy atom. The van der Waals surface area contributed by atoms with Gasteiger partial charge in [-0.05, 0) is 74.8 Å². The minimum Gasteiger partial charge on any atom is -0.464 e. The molecule has 2 heterocycles. The molecular formula is C26H32N2O6. The smallest absolute Gasteiger partial charge is 0.419 e. The topological polar surface area (TPSA) is 102 Å². The van der Waals surface area contributed by atoms with Gasteiger partial charge in [-0.1, -0.05) is 12.1 Å². The van der Waals surface area contributed by atoms with Crippen molar-refractivity contribution in [3.05, 3.63) is 34.8 Å². The maximum atomic E-state index is 13.8. The summed E-state index contributed by atoms with van der Waals surface area (Å²) in [5.74, 6) is 1.07. The van der Waals surface area contributed by atoms with Gasteiger partial charge in [0.05, 0.1) is 23.6 Å². The van der Waals surface area contributed by atoms with Crippen LogP contribution in [-0.4, -0.2) is 51.7 Å². The lowest BCUT2D eigenvalue weighted by molar-refractivity contribution is -0.165. The van der Waals surface area contributed by atoms with Gasteiger partial charge in [-0.3, -0.25) is 9.36 Å². The molecule has 5 aliphatic rings. The molecule has 1 aromatic heterocycles. The van der Waals surface area contributed by atoms with Gasteiger partial charge in [-0.25, -0.2) is 9.59 Å². The van der Waals surface area contributed by atoms with Gasteiger partial charge in [-0.2, -0.15) is 0 Å². The third-order valence-corrected chi connectivity index (χ3v) is 8.65. The van der Waals surface area contributed by atoms with E-state index in [-0.39, 0.29) is 30.9 Å². The molecule has 182 valence electrons. The van der Waals surface area contributed by atoms with Crippen molar-refractivity contribution in [3.8, 4) is 0 Å². The number of likely N-dealkylation sites (tertiary alicyclic amines) is 1. The molecule has 34 heavy (non-hydrogen) atoms. The zero-order valence-electron chi connectivity index (χ0n) is 19.4. The first-order valence-corrected chi connectivity index (χ1v) is 12.7. The van der Waals surface area contributed by atoms with E-state index < -0.39 is 23.9 Å². The summed E-state index contributed by atoms with van der Waals surface area (Å²) in [6.45, 7) is 0.708. The van der Waals surface area contributed by atoms with E-state index in [2.05, 4.69) is 0 Å². The standard InChI is InChI=1S/C26H32N2O6/c29-19-11-21(23(30)33-7-3-6-27-20-4-1-2-5-22(20)34-25(27)32)28(15-19)24(31)26-12-16-8-17(13-26)10-18(9-16)14-26/h1-2,4-5,16-19,21,29H,3,6-15H2/t16?,17?,18?,19?,21-,26?/m0/s1. The van der Waals surface area contributed by atoms with Crippen molar-refractivity contribution in [1.82, 2.24) is 9.47 Å². The maximum absolute atomic E-state index is 13.8. The second-order valence-electron chi connectivity index (χ2n) is 11.1. The number of oxazole rings is 1. The van der Waals surface area contributed by atoms with Crippen molar-refractivity contribution in [2.45, 2.75) is 70.1 Å². The Hall–Kier alpha value is -2.61. The van der Waals surface area contributed by atoms with Crippen LogP contribution in [0.5, 0.6) is 0 Å². The molecule has 4 saturated carbocycles. The highest BCUT2D eigenvalue weighted by Gasteiger charge is 2.57. The van der Waals surface area contributed by atoms with E-state index in [1.165, 1.54) is 23.8 Å². The molecule has 4 aliphatic carbocycles. The summed E-state index contributed by atoms with van der Waals surface area (Å²) < 4.78 is 12.3. The van der Waals surface area contributed by atoms with E-state index in [0.29, 0.717) is 41.8 Å². The average Bonchev–Trinajstić information content (AvgIpc) is 3.34. The van der Waals surface area contributed by atoms with E-state index >= 15 is 0 Å². The quantitative estimate of drug-likeness (QED) is 0.517. The Bertz CT molecular complexity index is 1130. The Kier molecular flexibility index (Phi) is 5.32. The fraction of sp³-hybridized carbons (Fsp3) is 0.654. The van der Waals surface area contributed by atoms with Crippen molar-refractivity contribution in [2.75, 3.05) is 13.2 Å². The number of rotatable bonds is 6. The number of β-amino-alcohol motifs (C(OH)–C–C–N with tert-alkyl or cyclic N) is 1. The number of hydrogen-bond acceptors (Lipinski definition) is 6. The van der Waals surface area contributed by atoms with E-state index in [9.17, 15) is 19.5 Å². The number of ether oxygens (including phenoxy) is 1. The van der Waals surface area contributed by atoms with Crippen LogP contribution in [0.4, 0.5) is 0 Å². The normalized spacial score (nSPS) is 34.1. The van der Waals surface area contributed by atoms with Crippen LogP contribution < -0.4 is 5.76 Å². The van der Waals surface area contributed by atoms with Crippen LogP contribution in [0, 0.1) is 23.2 Å². The number of hydrogen-bond donors (Lipinski definition) is 1. The first kappa shape index (κ1) is 21.9. The highest BCUT2D eigenvalue weighted by Crippen LogP contribution is 2.60. The summed E-state index contributed by atoms with van der Waals surface area (Å²) in [5.41, 5.74) is 0.897. The first-order valence-electron chi connectivity index (χ1n) is 12.7. The minimum atomic E-state index is -0.729. The molecule has 1 aromatic carbocycles. The van der Waals surface area contributed by atoms with Gasteiger partial charge in [0.15, 0.2) is 5.58 Å². The second-order valence-corrected chi connectivity index (χ2v) is 11.1. The molecule has 7 rings (SSSR count). The molecule has 4 bridgehead atoms. The van der Waals surface area contributed by atoms with Crippen molar-refractivity contribution in [3.63, 3.8) is 0 Å². The van der Waals surface area contributed by atoms with Crippen LogP contribution in [-0.2, 0) is 20.9 Å². The summed E-state index contributed by atoms with van der Waals surface area (Å²) >= 11 is 0. The number of fused-ring (bicyclic) bond motifs is 1. The van der Waals surface area contributed by atoms with E-state index in [4.69, 9.17) is 9.15 Å². The van der Waals surface area contributed by atoms with Crippen LogP contribution >= 0.6 is 0 Å². The lowest BCUT2D eigenvalue weighted by atomic mass is 9.49. The summed E-state index contributed by atoms with van der Waals surface area (Å²) in [4.78, 5) is 40.5. The summed E-state index contributed by atoms with van der Waals surface area (Å²) in [7, 11) is 0. The number of esters is 1. The molecule has 1 amide bonds. The molecule has 8 heteroatoms. The number of benzene rings is 1. The van der Waals surface area contributed by atoms with Gasteiger partial charge < -0.3 is 19.2 Å². The third kappa shape index (κ3) is 3.67. The largest absolute Gasteiger partial charge is 0.464 e. The zero-order chi connectivity index (χ0) is 23.4. The van der Waals surface area contributed by atoms with Crippen LogP contribution in [0.15, 0.2) is 33.5 Å². The zero-order valence-corrected chi connectivity index (χ0v) is 19.4. The lowest BCUT2D eigenvalue weighted by Gasteiger charge is -2.56. The van der Waals surface area contributed by atoms with Crippen molar-refractivity contribution in [2.24, 2.45) is 23.2 Å². The number of aryl methyl sites for hydroxylation is 1. The molecule has 1 saturated heterocycles. The molecule has 1 N–H and O–H groups in total. The SMILES string of the molecule is O=C(OCCCn1c(=O)oc2ccccc21)[C@@H]1CC(O)CN1C(=O)C12CC3CC(CC(C3)C1)C2. The van der Waals surface area contributed by atoms with E-state index in [1.54, 1.807) is 11.0 Å². The van der Waals surface area contributed by atoms with Gasteiger partial charge in [0.1, 0.15) is 6.04 Å². The highest BCUT2D eigenvalue weighted by atomic mass is 16.5. The Morgan fingerprint density at radius 3 is 2.44 bits per heavy atom. The predicted molar refractivity (Wildman–Crippen MR) is 123 cm³/mol. The van der Waals surface area contributed by atoms with E-state index in [1.807, 2.05) is 18.2 Å². The van der Waals surface area contributed by atoms with Crippen molar-refractivity contribution >= 4 is 23.0 Å². The molecule has 2 aromatic rings. The van der Waals surface area contributed by atoms with Crippen LogP contribution in [0.25, 0.3) is 11.1 Å². The third-order valence-electron chi connectivity index (χ3n) is 8.65.